The number of carbonyl (C=O) groups is 3. The minimum atomic E-state index is -0.458. The average Bonchev–Trinajstić information content (AvgIpc) is 3.33. The number of nitrogens with zero attached hydrogens (tertiary/aromatic N) is 3. The third kappa shape index (κ3) is 3.68. The summed E-state index contributed by atoms with van der Waals surface area (Å²) in [5, 5.41) is 0.614. The van der Waals surface area contributed by atoms with Crippen LogP contribution in [-0.2, 0) is 16.1 Å². The Balaban J connectivity index is 1.36. The molecular weight excluding hydrogens is 382 g/mol. The van der Waals surface area contributed by atoms with Gasteiger partial charge < -0.3 is 9.32 Å². The van der Waals surface area contributed by atoms with E-state index in [1.54, 1.807) is 29.2 Å². The summed E-state index contributed by atoms with van der Waals surface area (Å²) in [5.74, 6) is -0.178. The molecule has 0 N–H and O–H groups in total. The quantitative estimate of drug-likeness (QED) is 0.733. The average molecular weight is 402 g/mol. The maximum atomic E-state index is 12.8. The van der Waals surface area contributed by atoms with E-state index in [0.29, 0.717) is 37.0 Å². The summed E-state index contributed by atoms with van der Waals surface area (Å²) >= 11 is 5.89. The van der Waals surface area contributed by atoms with Crippen molar-refractivity contribution in [2.24, 2.45) is 0 Å². The minimum absolute atomic E-state index is 0.150. The van der Waals surface area contributed by atoms with Crippen molar-refractivity contribution >= 4 is 29.3 Å². The van der Waals surface area contributed by atoms with Gasteiger partial charge in [0, 0.05) is 31.2 Å². The highest BCUT2D eigenvalue weighted by Gasteiger charge is 2.42. The molecule has 4 rings (SSSR count). The van der Waals surface area contributed by atoms with Crippen molar-refractivity contribution in [3.8, 4) is 0 Å². The molecule has 7 nitrogen and oxygen atoms in total. The summed E-state index contributed by atoms with van der Waals surface area (Å²) < 4.78 is 5.17. The minimum Gasteiger partial charge on any atom is -0.459 e. The maximum Gasteiger partial charge on any atom is 0.289 e. The van der Waals surface area contributed by atoms with Gasteiger partial charge in [-0.25, -0.2) is 0 Å². The van der Waals surface area contributed by atoms with Gasteiger partial charge in [0.05, 0.1) is 25.3 Å². The number of benzene rings is 1. The monoisotopic (exact) mass is 401 g/mol. The number of piperazine rings is 1. The Labute approximate surface area is 167 Å². The Hall–Kier alpha value is -2.64. The van der Waals surface area contributed by atoms with E-state index < -0.39 is 6.04 Å². The zero-order valence-corrected chi connectivity index (χ0v) is 16.0. The number of hydrogen-bond donors (Lipinski definition) is 0. The zero-order valence-electron chi connectivity index (χ0n) is 15.2. The lowest BCUT2D eigenvalue weighted by Crippen LogP contribution is -2.53. The molecule has 2 aromatic rings. The van der Waals surface area contributed by atoms with Crippen molar-refractivity contribution in [2.45, 2.75) is 19.0 Å². The molecule has 0 radical (unpaired) electrons. The second-order valence-electron chi connectivity index (χ2n) is 6.97. The summed E-state index contributed by atoms with van der Waals surface area (Å²) in [5.41, 5.74) is 0.862. The second kappa shape index (κ2) is 7.77. The lowest BCUT2D eigenvalue weighted by atomic mass is 10.1. The van der Waals surface area contributed by atoms with Crippen LogP contribution in [-0.4, -0.2) is 64.6 Å². The van der Waals surface area contributed by atoms with Gasteiger partial charge in [-0.15, -0.1) is 0 Å². The highest BCUT2D eigenvalue weighted by Crippen LogP contribution is 2.23. The summed E-state index contributed by atoms with van der Waals surface area (Å²) in [4.78, 5) is 42.6. The smallest absolute Gasteiger partial charge is 0.289 e. The number of halogens is 1. The van der Waals surface area contributed by atoms with E-state index in [4.69, 9.17) is 16.0 Å². The molecule has 3 amide bonds. The largest absolute Gasteiger partial charge is 0.459 e. The number of carbonyl (C=O) groups excluding carboxylic acids is 3. The van der Waals surface area contributed by atoms with Crippen LogP contribution < -0.4 is 0 Å². The van der Waals surface area contributed by atoms with Crippen LogP contribution in [0.2, 0.25) is 5.02 Å². The maximum absolute atomic E-state index is 12.8. The van der Waals surface area contributed by atoms with Crippen molar-refractivity contribution in [3.05, 3.63) is 59.0 Å². The third-order valence-electron chi connectivity index (χ3n) is 5.25. The normalized spacial score (nSPS) is 20.8. The van der Waals surface area contributed by atoms with E-state index >= 15 is 0 Å². The summed E-state index contributed by atoms with van der Waals surface area (Å²) in [6.45, 7) is 2.33. The van der Waals surface area contributed by atoms with Gasteiger partial charge in [0.25, 0.3) is 5.91 Å². The molecule has 1 aromatic heterocycles. The molecule has 146 valence electrons. The Kier molecular flexibility index (Phi) is 5.19. The first-order chi connectivity index (χ1) is 13.5. The molecule has 8 heteroatoms. The second-order valence-corrected chi connectivity index (χ2v) is 7.41. The van der Waals surface area contributed by atoms with E-state index in [0.717, 1.165) is 5.56 Å². The van der Waals surface area contributed by atoms with E-state index in [-0.39, 0.29) is 30.7 Å². The first-order valence-corrected chi connectivity index (χ1v) is 9.56. The zero-order chi connectivity index (χ0) is 19.7. The van der Waals surface area contributed by atoms with E-state index in [9.17, 15) is 14.4 Å². The first-order valence-electron chi connectivity index (χ1n) is 9.18. The standard InChI is InChI=1S/C20H20ClN3O4/c21-15-5-3-14(4-6-15)13-24-18(25)12-16(19(24)26)22-7-9-23(10-8-22)20(27)17-2-1-11-28-17/h1-6,11,16H,7-10,12-13H2/t16-/m0/s1. The highest BCUT2D eigenvalue weighted by atomic mass is 35.5. The van der Waals surface area contributed by atoms with Gasteiger partial charge in [0.2, 0.25) is 11.8 Å². The Morgan fingerprint density at radius 2 is 1.79 bits per heavy atom. The molecule has 0 bridgehead atoms. The number of amides is 3. The van der Waals surface area contributed by atoms with Crippen molar-refractivity contribution < 1.29 is 18.8 Å². The fraction of sp³-hybridized carbons (Fsp3) is 0.350. The lowest BCUT2D eigenvalue weighted by molar-refractivity contribution is -0.140. The molecule has 28 heavy (non-hydrogen) atoms. The molecular formula is C20H20ClN3O4. The fourth-order valence-corrected chi connectivity index (χ4v) is 3.81. The van der Waals surface area contributed by atoms with Crippen LogP contribution in [0.15, 0.2) is 47.1 Å². The number of imide groups is 1. The van der Waals surface area contributed by atoms with Gasteiger partial charge >= 0.3 is 0 Å². The molecule has 2 aliphatic rings. The lowest BCUT2D eigenvalue weighted by Gasteiger charge is -2.36. The number of rotatable bonds is 4. The van der Waals surface area contributed by atoms with Crippen LogP contribution in [0.25, 0.3) is 0 Å². The first kappa shape index (κ1) is 18.7. The predicted octanol–water partition coefficient (Wildman–Crippen LogP) is 2.02. The van der Waals surface area contributed by atoms with E-state index in [2.05, 4.69) is 0 Å². The van der Waals surface area contributed by atoms with Gasteiger partial charge in [0.15, 0.2) is 5.76 Å². The molecule has 2 saturated heterocycles. The number of hydrogen-bond acceptors (Lipinski definition) is 5. The molecule has 2 aliphatic heterocycles. The summed E-state index contributed by atoms with van der Waals surface area (Å²) in [6, 6.07) is 9.98. The molecule has 3 heterocycles. The molecule has 0 spiro atoms. The summed E-state index contributed by atoms with van der Waals surface area (Å²) in [6.07, 6.45) is 1.65. The molecule has 0 unspecified atom stereocenters. The van der Waals surface area contributed by atoms with Crippen LogP contribution in [0.4, 0.5) is 0 Å². The Morgan fingerprint density at radius 3 is 2.43 bits per heavy atom. The third-order valence-corrected chi connectivity index (χ3v) is 5.50. The van der Waals surface area contributed by atoms with Gasteiger partial charge in [-0.1, -0.05) is 23.7 Å². The highest BCUT2D eigenvalue weighted by molar-refractivity contribution is 6.30. The molecule has 1 aromatic carbocycles. The molecule has 1 atom stereocenters. The topological polar surface area (TPSA) is 74.1 Å². The van der Waals surface area contributed by atoms with Crippen LogP contribution in [0.5, 0.6) is 0 Å². The SMILES string of the molecule is O=C(c1ccco1)N1CCN([C@H]2CC(=O)N(Cc3ccc(Cl)cc3)C2=O)CC1. The van der Waals surface area contributed by atoms with Gasteiger partial charge in [-0.2, -0.15) is 0 Å². The number of likely N-dealkylation sites (tertiary alicyclic amines) is 1. The van der Waals surface area contributed by atoms with E-state index in [1.807, 2.05) is 17.0 Å². The Bertz CT molecular complexity index is 873. The summed E-state index contributed by atoms with van der Waals surface area (Å²) in [7, 11) is 0. The predicted molar refractivity (Wildman–Crippen MR) is 102 cm³/mol. The van der Waals surface area contributed by atoms with Crippen LogP contribution >= 0.6 is 11.6 Å². The van der Waals surface area contributed by atoms with Gasteiger partial charge in [-0.05, 0) is 29.8 Å². The fourth-order valence-electron chi connectivity index (χ4n) is 3.68. The van der Waals surface area contributed by atoms with Crippen molar-refractivity contribution in [2.75, 3.05) is 26.2 Å². The Morgan fingerprint density at radius 1 is 1.07 bits per heavy atom. The van der Waals surface area contributed by atoms with Crippen LogP contribution in [0.1, 0.15) is 22.5 Å². The van der Waals surface area contributed by atoms with Gasteiger partial charge in [-0.3, -0.25) is 24.2 Å². The van der Waals surface area contributed by atoms with Gasteiger partial charge in [0.1, 0.15) is 0 Å². The molecule has 2 fully saturated rings. The van der Waals surface area contributed by atoms with Crippen molar-refractivity contribution in [1.82, 2.24) is 14.7 Å². The van der Waals surface area contributed by atoms with E-state index in [1.165, 1.54) is 11.2 Å². The van der Waals surface area contributed by atoms with Crippen molar-refractivity contribution in [1.29, 1.82) is 0 Å². The van der Waals surface area contributed by atoms with Crippen LogP contribution in [0, 0.1) is 0 Å². The molecule has 0 aliphatic carbocycles. The molecule has 0 saturated carbocycles. The van der Waals surface area contributed by atoms with Crippen molar-refractivity contribution in [3.63, 3.8) is 0 Å². The number of furan rings is 1. The van der Waals surface area contributed by atoms with Crippen LogP contribution in [0.3, 0.4) is 0 Å².